The van der Waals surface area contributed by atoms with E-state index in [0.29, 0.717) is 34.2 Å². The minimum atomic E-state index is -0.210. The van der Waals surface area contributed by atoms with Gasteiger partial charge in [0.05, 0.1) is 32.5 Å². The number of carbonyl (C=O) groups is 1. The molecular weight excluding hydrogens is 296 g/mol. The summed E-state index contributed by atoms with van der Waals surface area (Å²) in [5.41, 5.74) is 1.92. The maximum Gasteiger partial charge on any atom is 0.257 e. The monoisotopic (exact) mass is 312 g/mol. The molecule has 23 heavy (non-hydrogen) atoms. The molecular formula is C17H16N2O4. The Morgan fingerprint density at radius 3 is 2.39 bits per heavy atom. The van der Waals surface area contributed by atoms with Gasteiger partial charge in [0.15, 0.2) is 0 Å². The summed E-state index contributed by atoms with van der Waals surface area (Å²) >= 11 is 0. The van der Waals surface area contributed by atoms with Crippen LogP contribution in [0.1, 0.15) is 11.1 Å². The lowest BCUT2D eigenvalue weighted by atomic mass is 10.0. The van der Waals surface area contributed by atoms with Crippen LogP contribution in [0.5, 0.6) is 17.2 Å². The van der Waals surface area contributed by atoms with Crippen LogP contribution in [-0.4, -0.2) is 32.2 Å². The second-order valence-electron chi connectivity index (χ2n) is 4.86. The highest BCUT2D eigenvalue weighted by molar-refractivity contribution is 6.34. The molecule has 0 bridgehead atoms. The Bertz CT molecular complexity index is 774. The lowest BCUT2D eigenvalue weighted by Gasteiger charge is -2.13. The van der Waals surface area contributed by atoms with Gasteiger partial charge in [-0.15, -0.1) is 0 Å². The highest BCUT2D eigenvalue weighted by Crippen LogP contribution is 2.39. The van der Waals surface area contributed by atoms with Crippen LogP contribution >= 0.6 is 0 Å². The molecule has 0 aliphatic carbocycles. The van der Waals surface area contributed by atoms with E-state index >= 15 is 0 Å². The maximum atomic E-state index is 12.2. The fourth-order valence-corrected chi connectivity index (χ4v) is 2.48. The van der Waals surface area contributed by atoms with Crippen LogP contribution in [0.3, 0.4) is 0 Å². The average Bonchev–Trinajstić information content (AvgIpc) is 2.90. The van der Waals surface area contributed by atoms with Crippen molar-refractivity contribution in [2.24, 2.45) is 0 Å². The van der Waals surface area contributed by atoms with Gasteiger partial charge < -0.3 is 19.5 Å². The number of anilines is 1. The Morgan fingerprint density at radius 2 is 1.78 bits per heavy atom. The van der Waals surface area contributed by atoms with E-state index in [9.17, 15) is 4.79 Å². The SMILES string of the molecule is COc1cc(OC)c(/C=C2\C(=O)Nc3ncccc32)c(OC)c1. The third-order valence-corrected chi connectivity index (χ3v) is 3.62. The van der Waals surface area contributed by atoms with E-state index in [0.717, 1.165) is 5.56 Å². The molecule has 1 amide bonds. The van der Waals surface area contributed by atoms with Gasteiger partial charge in [0, 0.05) is 23.9 Å². The second-order valence-corrected chi connectivity index (χ2v) is 4.86. The number of nitrogens with zero attached hydrogens (tertiary/aromatic N) is 1. The zero-order valence-electron chi connectivity index (χ0n) is 13.0. The largest absolute Gasteiger partial charge is 0.496 e. The fraction of sp³-hybridized carbons (Fsp3) is 0.176. The van der Waals surface area contributed by atoms with Crippen LogP contribution in [-0.2, 0) is 4.79 Å². The van der Waals surface area contributed by atoms with Gasteiger partial charge in [0.25, 0.3) is 5.91 Å². The Kier molecular flexibility index (Phi) is 3.89. The van der Waals surface area contributed by atoms with Crippen LogP contribution in [0.25, 0.3) is 11.6 Å². The molecule has 1 aromatic carbocycles. The van der Waals surface area contributed by atoms with E-state index in [1.807, 2.05) is 6.07 Å². The number of nitrogens with one attached hydrogen (secondary N) is 1. The van der Waals surface area contributed by atoms with E-state index in [2.05, 4.69) is 10.3 Å². The van der Waals surface area contributed by atoms with Crippen molar-refractivity contribution in [3.63, 3.8) is 0 Å². The first-order valence-corrected chi connectivity index (χ1v) is 6.96. The van der Waals surface area contributed by atoms with E-state index in [1.165, 1.54) is 0 Å². The Labute approximate surface area is 133 Å². The fourth-order valence-electron chi connectivity index (χ4n) is 2.48. The minimum absolute atomic E-state index is 0.210. The predicted octanol–water partition coefficient (Wildman–Crippen LogP) is 2.60. The van der Waals surface area contributed by atoms with Crippen LogP contribution in [0, 0.1) is 0 Å². The molecule has 118 valence electrons. The van der Waals surface area contributed by atoms with Gasteiger partial charge in [-0.1, -0.05) is 0 Å². The smallest absolute Gasteiger partial charge is 0.257 e. The molecule has 3 rings (SSSR count). The van der Waals surface area contributed by atoms with Crippen molar-refractivity contribution in [1.29, 1.82) is 0 Å². The topological polar surface area (TPSA) is 69.7 Å². The summed E-state index contributed by atoms with van der Waals surface area (Å²) in [7, 11) is 4.68. The quantitative estimate of drug-likeness (QED) is 0.879. The van der Waals surface area contributed by atoms with Gasteiger partial charge in [0.1, 0.15) is 23.1 Å². The summed E-state index contributed by atoms with van der Waals surface area (Å²) in [5.74, 6) is 2.06. The molecule has 0 unspecified atom stereocenters. The van der Waals surface area contributed by atoms with Gasteiger partial charge in [-0.2, -0.15) is 0 Å². The van der Waals surface area contributed by atoms with Crippen LogP contribution in [0.2, 0.25) is 0 Å². The lowest BCUT2D eigenvalue weighted by molar-refractivity contribution is -0.110. The summed E-state index contributed by atoms with van der Waals surface area (Å²) < 4.78 is 16.1. The number of methoxy groups -OCH3 is 3. The maximum absolute atomic E-state index is 12.2. The summed E-state index contributed by atoms with van der Waals surface area (Å²) in [6.07, 6.45) is 3.37. The predicted molar refractivity (Wildman–Crippen MR) is 86.8 cm³/mol. The number of hydrogen-bond donors (Lipinski definition) is 1. The van der Waals surface area contributed by atoms with Gasteiger partial charge >= 0.3 is 0 Å². The van der Waals surface area contributed by atoms with Crippen molar-refractivity contribution in [3.8, 4) is 17.2 Å². The average molecular weight is 312 g/mol. The molecule has 0 saturated carbocycles. The highest BCUT2D eigenvalue weighted by Gasteiger charge is 2.26. The van der Waals surface area contributed by atoms with Crippen molar-refractivity contribution in [2.75, 3.05) is 26.6 Å². The third kappa shape index (κ3) is 2.59. The molecule has 0 fully saturated rings. The van der Waals surface area contributed by atoms with Crippen molar-refractivity contribution < 1.29 is 19.0 Å². The number of hydrogen-bond acceptors (Lipinski definition) is 5. The molecule has 1 N–H and O–H groups in total. The van der Waals surface area contributed by atoms with E-state index in [4.69, 9.17) is 14.2 Å². The van der Waals surface area contributed by atoms with E-state index < -0.39 is 0 Å². The Hall–Kier alpha value is -3.02. The molecule has 1 aromatic heterocycles. The molecule has 0 atom stereocenters. The van der Waals surface area contributed by atoms with Gasteiger partial charge in [0.2, 0.25) is 0 Å². The zero-order chi connectivity index (χ0) is 16.4. The molecule has 1 aliphatic heterocycles. The summed E-state index contributed by atoms with van der Waals surface area (Å²) in [6, 6.07) is 7.11. The number of ether oxygens (including phenoxy) is 3. The number of fused-ring (bicyclic) bond motifs is 1. The van der Waals surface area contributed by atoms with Gasteiger partial charge in [-0.25, -0.2) is 4.98 Å². The standard InChI is InChI=1S/C17H16N2O4/c1-21-10-7-14(22-2)13(15(8-10)23-3)9-12-11-5-4-6-18-16(11)19-17(12)20/h4-9H,1-3H3,(H,18,19,20)/b12-9-. The number of pyridine rings is 1. The molecule has 0 spiro atoms. The summed E-state index contributed by atoms with van der Waals surface area (Å²) in [5, 5.41) is 2.74. The molecule has 1 aliphatic rings. The number of rotatable bonds is 4. The van der Waals surface area contributed by atoms with Crippen LogP contribution < -0.4 is 19.5 Å². The third-order valence-electron chi connectivity index (χ3n) is 3.62. The lowest BCUT2D eigenvalue weighted by Crippen LogP contribution is -2.04. The minimum Gasteiger partial charge on any atom is -0.496 e. The molecule has 2 aromatic rings. The summed E-state index contributed by atoms with van der Waals surface area (Å²) in [6.45, 7) is 0. The molecule has 2 heterocycles. The van der Waals surface area contributed by atoms with Crippen LogP contribution in [0.15, 0.2) is 30.5 Å². The molecule has 0 saturated heterocycles. The zero-order valence-corrected chi connectivity index (χ0v) is 13.0. The first kappa shape index (κ1) is 14.9. The first-order chi connectivity index (χ1) is 11.2. The summed E-state index contributed by atoms with van der Waals surface area (Å²) in [4.78, 5) is 16.4. The van der Waals surface area contributed by atoms with Crippen molar-refractivity contribution in [1.82, 2.24) is 4.98 Å². The number of carbonyl (C=O) groups excluding carboxylic acids is 1. The number of aromatic nitrogens is 1. The van der Waals surface area contributed by atoms with Crippen LogP contribution in [0.4, 0.5) is 5.82 Å². The Morgan fingerprint density at radius 1 is 1.09 bits per heavy atom. The molecule has 6 heteroatoms. The van der Waals surface area contributed by atoms with Gasteiger partial charge in [-0.3, -0.25) is 4.79 Å². The van der Waals surface area contributed by atoms with Gasteiger partial charge in [-0.05, 0) is 18.2 Å². The van der Waals surface area contributed by atoms with E-state index in [1.54, 1.807) is 51.8 Å². The first-order valence-electron chi connectivity index (χ1n) is 6.96. The molecule has 0 radical (unpaired) electrons. The van der Waals surface area contributed by atoms with E-state index in [-0.39, 0.29) is 5.91 Å². The van der Waals surface area contributed by atoms with Crippen molar-refractivity contribution >= 4 is 23.4 Å². The Balaban J connectivity index is 2.18. The highest BCUT2D eigenvalue weighted by atomic mass is 16.5. The molecule has 6 nitrogen and oxygen atoms in total. The number of amides is 1. The number of benzene rings is 1. The second kappa shape index (κ2) is 6.00. The van der Waals surface area contributed by atoms with Crippen molar-refractivity contribution in [3.05, 3.63) is 41.6 Å². The van der Waals surface area contributed by atoms with Crippen molar-refractivity contribution in [2.45, 2.75) is 0 Å². The normalized spacial score (nSPS) is 14.4.